The molecule has 0 spiro atoms. The second-order valence-electron chi connectivity index (χ2n) is 3.73. The summed E-state index contributed by atoms with van der Waals surface area (Å²) in [6.07, 6.45) is 5.22. The van der Waals surface area contributed by atoms with Crippen LogP contribution in [0.3, 0.4) is 0 Å². The maximum Gasteiger partial charge on any atom is 0.233 e. The van der Waals surface area contributed by atoms with Crippen LogP contribution in [0.2, 0.25) is 0 Å². The molecule has 2 unspecified atom stereocenters. The maximum atomic E-state index is 11.8. The summed E-state index contributed by atoms with van der Waals surface area (Å²) in [5, 5.41) is 12.1. The molecule has 0 fully saturated rings. The predicted molar refractivity (Wildman–Crippen MR) is 63.1 cm³/mol. The lowest BCUT2D eigenvalue weighted by molar-refractivity contribution is -0.118. The van der Waals surface area contributed by atoms with Crippen LogP contribution in [0.5, 0.6) is 0 Å². The molecule has 16 heavy (non-hydrogen) atoms. The third-order valence-electron chi connectivity index (χ3n) is 2.45. The molecule has 86 valence electrons. The van der Waals surface area contributed by atoms with E-state index in [1.165, 1.54) is 11.3 Å². The van der Waals surface area contributed by atoms with Gasteiger partial charge < -0.3 is 11.1 Å². The summed E-state index contributed by atoms with van der Waals surface area (Å²) in [5.74, 6) is -0.188. The fourth-order valence-corrected chi connectivity index (χ4v) is 2.25. The third kappa shape index (κ3) is 2.45. The van der Waals surface area contributed by atoms with Crippen molar-refractivity contribution in [1.82, 2.24) is 10.2 Å². The molecule has 0 saturated heterocycles. The average Bonchev–Trinajstić information content (AvgIpc) is 2.87. The average molecular weight is 238 g/mol. The van der Waals surface area contributed by atoms with Gasteiger partial charge in [0.05, 0.1) is 5.92 Å². The molecular weight excluding hydrogens is 224 g/mol. The van der Waals surface area contributed by atoms with Crippen molar-refractivity contribution in [2.24, 2.45) is 11.7 Å². The maximum absolute atomic E-state index is 11.8. The molecule has 5 nitrogen and oxygen atoms in total. The Balaban J connectivity index is 1.94. The van der Waals surface area contributed by atoms with Crippen molar-refractivity contribution in [2.45, 2.75) is 25.8 Å². The van der Waals surface area contributed by atoms with Crippen LogP contribution in [0.15, 0.2) is 12.2 Å². The Hall–Kier alpha value is -1.27. The standard InChI is InChI=1S/C10H14N4OS/c1-2-8-13-14-10(16-8)12-9(15)6-3-4-7(11)5-6/h3-4,6-7H,2,5,11H2,1H3,(H,12,14,15). The lowest BCUT2D eigenvalue weighted by Crippen LogP contribution is -2.23. The van der Waals surface area contributed by atoms with Crippen molar-refractivity contribution in [3.05, 3.63) is 17.2 Å². The lowest BCUT2D eigenvalue weighted by Gasteiger charge is -2.07. The van der Waals surface area contributed by atoms with E-state index >= 15 is 0 Å². The number of amides is 1. The smallest absolute Gasteiger partial charge is 0.233 e. The molecule has 1 aliphatic rings. The largest absolute Gasteiger partial charge is 0.324 e. The van der Waals surface area contributed by atoms with Crippen molar-refractivity contribution in [3.8, 4) is 0 Å². The first-order valence-corrected chi connectivity index (χ1v) is 6.08. The number of aromatic nitrogens is 2. The highest BCUT2D eigenvalue weighted by Crippen LogP contribution is 2.20. The number of nitrogens with two attached hydrogens (primary N) is 1. The van der Waals surface area contributed by atoms with E-state index in [1.54, 1.807) is 0 Å². The van der Waals surface area contributed by atoms with Gasteiger partial charge in [-0.15, -0.1) is 10.2 Å². The van der Waals surface area contributed by atoms with E-state index in [0.29, 0.717) is 11.6 Å². The molecule has 0 bridgehead atoms. The van der Waals surface area contributed by atoms with Gasteiger partial charge >= 0.3 is 0 Å². The highest BCUT2D eigenvalue weighted by atomic mass is 32.1. The Labute approximate surface area is 97.8 Å². The normalized spacial score (nSPS) is 23.6. The fraction of sp³-hybridized carbons (Fsp3) is 0.500. The van der Waals surface area contributed by atoms with Crippen molar-refractivity contribution in [3.63, 3.8) is 0 Å². The van der Waals surface area contributed by atoms with E-state index < -0.39 is 0 Å². The topological polar surface area (TPSA) is 80.9 Å². The molecular formula is C10H14N4OS. The van der Waals surface area contributed by atoms with Crippen molar-refractivity contribution in [1.29, 1.82) is 0 Å². The Morgan fingerprint density at radius 3 is 3.00 bits per heavy atom. The summed E-state index contributed by atoms with van der Waals surface area (Å²) >= 11 is 1.41. The molecule has 1 amide bonds. The zero-order valence-electron chi connectivity index (χ0n) is 9.01. The summed E-state index contributed by atoms with van der Waals surface area (Å²) < 4.78 is 0. The molecule has 3 N–H and O–H groups in total. The van der Waals surface area contributed by atoms with Gasteiger partial charge in [-0.05, 0) is 12.8 Å². The number of aryl methyl sites for hydroxylation is 1. The number of carbonyl (C=O) groups is 1. The van der Waals surface area contributed by atoms with Gasteiger partial charge in [-0.2, -0.15) is 0 Å². The minimum atomic E-state index is -0.135. The molecule has 0 saturated carbocycles. The fourth-order valence-electron chi connectivity index (χ4n) is 1.57. The van der Waals surface area contributed by atoms with Gasteiger partial charge in [-0.3, -0.25) is 4.79 Å². The highest BCUT2D eigenvalue weighted by Gasteiger charge is 2.23. The molecule has 0 radical (unpaired) electrons. The molecule has 1 aliphatic carbocycles. The Bertz CT molecular complexity index is 415. The van der Waals surface area contributed by atoms with E-state index in [2.05, 4.69) is 15.5 Å². The first-order valence-electron chi connectivity index (χ1n) is 5.26. The van der Waals surface area contributed by atoms with Gasteiger partial charge in [-0.1, -0.05) is 30.4 Å². The number of anilines is 1. The minimum absolute atomic E-state index is 0.00336. The number of nitrogens with one attached hydrogen (secondary N) is 1. The minimum Gasteiger partial charge on any atom is -0.324 e. The third-order valence-corrected chi connectivity index (χ3v) is 3.44. The second kappa shape index (κ2) is 4.71. The van der Waals surface area contributed by atoms with E-state index in [9.17, 15) is 4.79 Å². The molecule has 6 heteroatoms. The second-order valence-corrected chi connectivity index (χ2v) is 4.80. The Kier molecular flexibility index (Phi) is 3.31. The van der Waals surface area contributed by atoms with Crippen LogP contribution in [-0.2, 0) is 11.2 Å². The van der Waals surface area contributed by atoms with Gasteiger partial charge in [-0.25, -0.2) is 0 Å². The first-order chi connectivity index (χ1) is 7.69. The van der Waals surface area contributed by atoms with Gasteiger partial charge in [0.1, 0.15) is 5.01 Å². The van der Waals surface area contributed by atoms with Crippen LogP contribution in [0.1, 0.15) is 18.4 Å². The number of nitrogens with zero attached hydrogens (tertiary/aromatic N) is 2. The highest BCUT2D eigenvalue weighted by molar-refractivity contribution is 7.15. The van der Waals surface area contributed by atoms with E-state index in [-0.39, 0.29) is 17.9 Å². The summed E-state index contributed by atoms with van der Waals surface area (Å²) in [5.41, 5.74) is 5.69. The molecule has 1 aromatic rings. The van der Waals surface area contributed by atoms with Gasteiger partial charge in [0.15, 0.2) is 0 Å². The van der Waals surface area contributed by atoms with Crippen molar-refractivity contribution < 1.29 is 4.79 Å². The van der Waals surface area contributed by atoms with Crippen LogP contribution < -0.4 is 11.1 Å². The van der Waals surface area contributed by atoms with Crippen LogP contribution in [0, 0.1) is 5.92 Å². The Morgan fingerprint density at radius 2 is 2.44 bits per heavy atom. The Morgan fingerprint density at radius 1 is 1.62 bits per heavy atom. The first kappa shape index (κ1) is 11.2. The summed E-state index contributed by atoms with van der Waals surface area (Å²) in [7, 11) is 0. The van der Waals surface area contributed by atoms with Gasteiger partial charge in [0.25, 0.3) is 0 Å². The number of hydrogen-bond acceptors (Lipinski definition) is 5. The van der Waals surface area contributed by atoms with Gasteiger partial charge in [0.2, 0.25) is 11.0 Å². The summed E-state index contributed by atoms with van der Waals surface area (Å²) in [6.45, 7) is 2.00. The van der Waals surface area contributed by atoms with E-state index in [1.807, 2.05) is 19.1 Å². The zero-order chi connectivity index (χ0) is 11.5. The molecule has 2 rings (SSSR count). The zero-order valence-corrected chi connectivity index (χ0v) is 9.83. The van der Waals surface area contributed by atoms with Crippen molar-refractivity contribution in [2.75, 3.05) is 5.32 Å². The molecule has 0 aromatic carbocycles. The number of rotatable bonds is 3. The summed E-state index contributed by atoms with van der Waals surface area (Å²) in [4.78, 5) is 11.8. The number of carbonyl (C=O) groups excluding carboxylic acids is 1. The van der Waals surface area contributed by atoms with E-state index in [0.717, 1.165) is 11.4 Å². The summed E-state index contributed by atoms with van der Waals surface area (Å²) in [6, 6.07) is -0.00336. The predicted octanol–water partition coefficient (Wildman–Crippen LogP) is 0.942. The van der Waals surface area contributed by atoms with Crippen LogP contribution in [-0.4, -0.2) is 22.1 Å². The van der Waals surface area contributed by atoms with E-state index in [4.69, 9.17) is 5.73 Å². The van der Waals surface area contributed by atoms with Crippen LogP contribution >= 0.6 is 11.3 Å². The monoisotopic (exact) mass is 238 g/mol. The van der Waals surface area contributed by atoms with Gasteiger partial charge in [0, 0.05) is 6.04 Å². The molecule has 1 heterocycles. The molecule has 2 atom stereocenters. The lowest BCUT2D eigenvalue weighted by atomic mass is 10.1. The molecule has 1 aromatic heterocycles. The SMILES string of the molecule is CCc1nnc(NC(=O)C2C=CC(N)C2)s1. The van der Waals surface area contributed by atoms with Crippen LogP contribution in [0.4, 0.5) is 5.13 Å². The van der Waals surface area contributed by atoms with Crippen LogP contribution in [0.25, 0.3) is 0 Å². The quantitative estimate of drug-likeness (QED) is 0.768. The molecule has 0 aliphatic heterocycles. The number of hydrogen-bond donors (Lipinski definition) is 2. The van der Waals surface area contributed by atoms with Crippen molar-refractivity contribution >= 4 is 22.4 Å².